The highest BCUT2D eigenvalue weighted by Crippen LogP contribution is 2.13. The van der Waals surface area contributed by atoms with Gasteiger partial charge in [-0.25, -0.2) is 0 Å². The molecule has 0 aliphatic carbocycles. The molecule has 0 spiro atoms. The lowest BCUT2D eigenvalue weighted by Gasteiger charge is -2.08. The molecule has 1 heterocycles. The molecule has 0 saturated carbocycles. The lowest BCUT2D eigenvalue weighted by Crippen LogP contribution is -2.14. The number of methoxy groups -OCH3 is 1. The highest BCUT2D eigenvalue weighted by Gasteiger charge is 2.00. The third-order valence-electron chi connectivity index (χ3n) is 2.79. The molecule has 100 valence electrons. The van der Waals surface area contributed by atoms with Crippen LogP contribution in [-0.2, 0) is 13.1 Å². The lowest BCUT2D eigenvalue weighted by molar-refractivity contribution is 0.412. The van der Waals surface area contributed by atoms with E-state index in [1.165, 1.54) is 0 Å². The molecule has 0 aliphatic rings. The predicted molar refractivity (Wildman–Crippen MR) is 74.2 cm³/mol. The quantitative estimate of drug-likeness (QED) is 0.864. The van der Waals surface area contributed by atoms with Crippen LogP contribution in [0.5, 0.6) is 11.5 Å². The van der Waals surface area contributed by atoms with E-state index in [9.17, 15) is 5.11 Å². The van der Waals surface area contributed by atoms with Crippen LogP contribution in [0.25, 0.3) is 0 Å². The normalized spacial score (nSPS) is 10.4. The number of nitrogens with one attached hydrogen (secondary N) is 1. The molecule has 2 aromatic rings. The second-order valence-corrected chi connectivity index (χ2v) is 4.41. The van der Waals surface area contributed by atoms with E-state index in [-0.39, 0.29) is 5.75 Å². The number of phenols is 1. The molecule has 0 radical (unpaired) electrons. The summed E-state index contributed by atoms with van der Waals surface area (Å²) in [6.45, 7) is 3.36. The minimum Gasteiger partial charge on any atom is -0.508 e. The number of ether oxygens (including phenoxy) is 1. The van der Waals surface area contributed by atoms with Gasteiger partial charge in [-0.15, -0.1) is 0 Å². The first-order valence-electron chi connectivity index (χ1n) is 6.17. The second kappa shape index (κ2) is 6.20. The highest BCUT2D eigenvalue weighted by molar-refractivity contribution is 5.27. The van der Waals surface area contributed by atoms with Crippen LogP contribution in [0.4, 0.5) is 0 Å². The Morgan fingerprint density at radius 1 is 1.16 bits per heavy atom. The molecule has 0 fully saturated rings. The molecule has 0 amide bonds. The first kappa shape index (κ1) is 13.4. The van der Waals surface area contributed by atoms with Crippen molar-refractivity contribution in [2.75, 3.05) is 7.11 Å². The number of pyridine rings is 1. The minimum atomic E-state index is 0.286. The van der Waals surface area contributed by atoms with Gasteiger partial charge in [-0.3, -0.25) is 4.98 Å². The molecule has 2 N–H and O–H groups in total. The third kappa shape index (κ3) is 3.96. The molecule has 1 aromatic carbocycles. The van der Waals surface area contributed by atoms with Gasteiger partial charge in [0.2, 0.25) is 0 Å². The Morgan fingerprint density at radius 3 is 2.58 bits per heavy atom. The summed E-state index contributed by atoms with van der Waals surface area (Å²) in [4.78, 5) is 4.44. The molecule has 0 saturated heterocycles. The average Bonchev–Trinajstić information content (AvgIpc) is 2.40. The summed E-state index contributed by atoms with van der Waals surface area (Å²) >= 11 is 0. The molecule has 0 unspecified atom stereocenters. The molecule has 4 nitrogen and oxygen atoms in total. The Bertz CT molecular complexity index is 538. The summed E-state index contributed by atoms with van der Waals surface area (Å²) in [5.41, 5.74) is 3.02. The van der Waals surface area contributed by atoms with Gasteiger partial charge in [-0.05, 0) is 24.6 Å². The van der Waals surface area contributed by atoms with Gasteiger partial charge in [0.15, 0.2) is 0 Å². The van der Waals surface area contributed by atoms with Crippen LogP contribution in [0.15, 0.2) is 36.4 Å². The number of nitrogens with zero attached hydrogens (tertiary/aromatic N) is 1. The molecule has 4 heteroatoms. The Balaban J connectivity index is 1.92. The number of aryl methyl sites for hydroxylation is 1. The van der Waals surface area contributed by atoms with Crippen LogP contribution in [0.1, 0.15) is 17.0 Å². The fourth-order valence-electron chi connectivity index (χ4n) is 1.86. The van der Waals surface area contributed by atoms with Crippen molar-refractivity contribution < 1.29 is 9.84 Å². The van der Waals surface area contributed by atoms with Gasteiger partial charge < -0.3 is 15.2 Å². The van der Waals surface area contributed by atoms with E-state index in [1.54, 1.807) is 19.2 Å². The minimum absolute atomic E-state index is 0.286. The smallest absolute Gasteiger partial charge is 0.122 e. The number of aromatic hydroxyl groups is 1. The van der Waals surface area contributed by atoms with Crippen molar-refractivity contribution in [3.63, 3.8) is 0 Å². The number of phenolic OH excluding ortho intramolecular Hbond substituents is 1. The maximum Gasteiger partial charge on any atom is 0.122 e. The molecular formula is C15H18N2O2. The first-order valence-corrected chi connectivity index (χ1v) is 6.17. The van der Waals surface area contributed by atoms with Crippen molar-refractivity contribution in [2.45, 2.75) is 20.0 Å². The number of rotatable bonds is 5. The summed E-state index contributed by atoms with van der Waals surface area (Å²) in [6.07, 6.45) is 0. The first-order chi connectivity index (χ1) is 9.17. The fraction of sp³-hybridized carbons (Fsp3) is 0.267. The van der Waals surface area contributed by atoms with Crippen LogP contribution in [-0.4, -0.2) is 17.2 Å². The maximum absolute atomic E-state index is 9.20. The van der Waals surface area contributed by atoms with Gasteiger partial charge in [-0.2, -0.15) is 0 Å². The predicted octanol–water partition coefficient (Wildman–Crippen LogP) is 2.39. The highest BCUT2D eigenvalue weighted by atomic mass is 16.5. The van der Waals surface area contributed by atoms with Crippen LogP contribution in [0, 0.1) is 6.92 Å². The van der Waals surface area contributed by atoms with Gasteiger partial charge >= 0.3 is 0 Å². The van der Waals surface area contributed by atoms with E-state index < -0.39 is 0 Å². The van der Waals surface area contributed by atoms with Crippen LogP contribution >= 0.6 is 0 Å². The monoisotopic (exact) mass is 258 g/mol. The third-order valence-corrected chi connectivity index (χ3v) is 2.79. The van der Waals surface area contributed by atoms with Gasteiger partial charge in [0.25, 0.3) is 0 Å². The van der Waals surface area contributed by atoms with Crippen molar-refractivity contribution >= 4 is 0 Å². The number of hydrogen-bond acceptors (Lipinski definition) is 4. The zero-order chi connectivity index (χ0) is 13.7. The number of aromatic nitrogens is 1. The molecule has 0 aliphatic heterocycles. The largest absolute Gasteiger partial charge is 0.508 e. The molecule has 0 atom stereocenters. The van der Waals surface area contributed by atoms with Crippen molar-refractivity contribution in [3.05, 3.63) is 53.3 Å². The van der Waals surface area contributed by atoms with Crippen molar-refractivity contribution in [1.82, 2.24) is 10.3 Å². The Morgan fingerprint density at radius 2 is 1.89 bits per heavy atom. The van der Waals surface area contributed by atoms with E-state index >= 15 is 0 Å². The van der Waals surface area contributed by atoms with Crippen molar-refractivity contribution in [1.29, 1.82) is 0 Å². The van der Waals surface area contributed by atoms with Crippen LogP contribution in [0.2, 0.25) is 0 Å². The van der Waals surface area contributed by atoms with Gasteiger partial charge in [0, 0.05) is 30.9 Å². The lowest BCUT2D eigenvalue weighted by atomic mass is 10.2. The summed E-state index contributed by atoms with van der Waals surface area (Å²) in [6, 6.07) is 11.0. The zero-order valence-electron chi connectivity index (χ0n) is 11.2. The van der Waals surface area contributed by atoms with Gasteiger partial charge in [-0.1, -0.05) is 12.1 Å². The summed E-state index contributed by atoms with van der Waals surface area (Å²) in [5.74, 6) is 1.11. The zero-order valence-corrected chi connectivity index (χ0v) is 11.2. The van der Waals surface area contributed by atoms with Crippen LogP contribution < -0.4 is 10.1 Å². The maximum atomic E-state index is 9.20. The molecular weight excluding hydrogens is 240 g/mol. The number of hydrogen-bond donors (Lipinski definition) is 2. The average molecular weight is 258 g/mol. The summed E-state index contributed by atoms with van der Waals surface area (Å²) in [7, 11) is 1.66. The second-order valence-electron chi connectivity index (χ2n) is 4.41. The van der Waals surface area contributed by atoms with Crippen molar-refractivity contribution in [3.8, 4) is 11.5 Å². The van der Waals surface area contributed by atoms with E-state index in [1.807, 2.05) is 31.2 Å². The van der Waals surface area contributed by atoms with Gasteiger partial charge in [0.1, 0.15) is 11.5 Å². The SMILES string of the molecule is COc1cc(C)nc(CNCc2ccc(O)cc2)c1. The molecule has 1 aromatic heterocycles. The van der Waals surface area contributed by atoms with Crippen molar-refractivity contribution in [2.24, 2.45) is 0 Å². The van der Waals surface area contributed by atoms with E-state index in [0.717, 1.165) is 29.2 Å². The van der Waals surface area contributed by atoms with E-state index in [4.69, 9.17) is 4.74 Å². The Kier molecular flexibility index (Phi) is 4.36. The standard InChI is InChI=1S/C15H18N2O2/c1-11-7-15(19-2)8-13(17-11)10-16-9-12-3-5-14(18)6-4-12/h3-8,16,18H,9-10H2,1-2H3. The Labute approximate surface area is 113 Å². The number of benzene rings is 1. The fourth-order valence-corrected chi connectivity index (χ4v) is 1.86. The van der Waals surface area contributed by atoms with E-state index in [0.29, 0.717) is 6.54 Å². The van der Waals surface area contributed by atoms with E-state index in [2.05, 4.69) is 10.3 Å². The molecule has 0 bridgehead atoms. The molecule has 19 heavy (non-hydrogen) atoms. The summed E-state index contributed by atoms with van der Waals surface area (Å²) in [5, 5.41) is 12.5. The van der Waals surface area contributed by atoms with Crippen LogP contribution in [0.3, 0.4) is 0 Å². The Hall–Kier alpha value is -2.07. The molecule has 2 rings (SSSR count). The summed E-state index contributed by atoms with van der Waals surface area (Å²) < 4.78 is 5.22. The topological polar surface area (TPSA) is 54.4 Å². The van der Waals surface area contributed by atoms with Gasteiger partial charge in [0.05, 0.1) is 12.8 Å².